The molecule has 7 nitrogen and oxygen atoms in total. The Bertz CT molecular complexity index is 1070. The van der Waals surface area contributed by atoms with E-state index in [1.54, 1.807) is 55.6 Å². The molecule has 0 aliphatic rings. The van der Waals surface area contributed by atoms with Crippen molar-refractivity contribution in [3.8, 4) is 29.1 Å². The van der Waals surface area contributed by atoms with E-state index in [0.29, 0.717) is 30.3 Å². The maximum Gasteiger partial charge on any atom is 0.267 e. The molecular weight excluding hydrogens is 406 g/mol. The number of carbonyl (C=O) groups excluding carboxylic acids is 1. The van der Waals surface area contributed by atoms with E-state index in [-0.39, 0.29) is 5.57 Å². The summed E-state index contributed by atoms with van der Waals surface area (Å²) in [6, 6.07) is 25.4. The average Bonchev–Trinajstić information content (AvgIpc) is 2.83. The van der Waals surface area contributed by atoms with Gasteiger partial charge in [-0.15, -0.1) is 0 Å². The molecule has 0 unspecified atom stereocenters. The minimum absolute atomic E-state index is 0.0425. The van der Waals surface area contributed by atoms with Gasteiger partial charge in [0.05, 0.1) is 7.11 Å². The second-order valence-electron chi connectivity index (χ2n) is 6.54. The van der Waals surface area contributed by atoms with Crippen molar-refractivity contribution in [3.63, 3.8) is 0 Å². The van der Waals surface area contributed by atoms with Crippen LogP contribution in [0.15, 0.2) is 90.6 Å². The van der Waals surface area contributed by atoms with Gasteiger partial charge in [0, 0.05) is 18.4 Å². The Morgan fingerprint density at radius 3 is 2.19 bits per heavy atom. The summed E-state index contributed by atoms with van der Waals surface area (Å²) in [7, 11) is 1.60. The summed E-state index contributed by atoms with van der Waals surface area (Å²) in [5.74, 6) is 2.31. The maximum atomic E-state index is 12.3. The lowest BCUT2D eigenvalue weighted by Gasteiger charge is -2.09. The van der Waals surface area contributed by atoms with Crippen LogP contribution < -0.4 is 24.8 Å². The first-order chi connectivity index (χ1) is 15.7. The van der Waals surface area contributed by atoms with Gasteiger partial charge in [-0.2, -0.15) is 5.26 Å². The fourth-order valence-corrected chi connectivity index (χ4v) is 2.65. The SMILES string of the molecule is COc1ccc(OCCN/C=C(/C#N)C(=O)Nc2ccc(Oc3ccccc3)cc2)cc1. The smallest absolute Gasteiger partial charge is 0.267 e. The number of hydrogen-bond acceptors (Lipinski definition) is 6. The Kier molecular flexibility index (Phi) is 8.11. The van der Waals surface area contributed by atoms with Gasteiger partial charge >= 0.3 is 0 Å². The molecule has 0 saturated heterocycles. The highest BCUT2D eigenvalue weighted by molar-refractivity contribution is 6.06. The van der Waals surface area contributed by atoms with Crippen molar-refractivity contribution in [3.05, 3.63) is 90.6 Å². The van der Waals surface area contributed by atoms with E-state index < -0.39 is 5.91 Å². The summed E-state index contributed by atoms with van der Waals surface area (Å²) in [6.07, 6.45) is 1.37. The molecule has 3 aromatic carbocycles. The molecule has 0 aliphatic heterocycles. The second kappa shape index (κ2) is 11.7. The van der Waals surface area contributed by atoms with Gasteiger partial charge in [-0.05, 0) is 60.7 Å². The molecule has 162 valence electrons. The van der Waals surface area contributed by atoms with Crippen molar-refractivity contribution >= 4 is 11.6 Å². The fraction of sp³-hybridized carbons (Fsp3) is 0.120. The van der Waals surface area contributed by atoms with Crippen LogP contribution in [0.2, 0.25) is 0 Å². The lowest BCUT2D eigenvalue weighted by atomic mass is 10.2. The van der Waals surface area contributed by atoms with Crippen LogP contribution in [0.1, 0.15) is 0 Å². The van der Waals surface area contributed by atoms with E-state index in [1.807, 2.05) is 36.4 Å². The molecule has 32 heavy (non-hydrogen) atoms. The van der Waals surface area contributed by atoms with Gasteiger partial charge in [0.15, 0.2) is 0 Å². The van der Waals surface area contributed by atoms with Crippen molar-refractivity contribution < 1.29 is 19.0 Å². The summed E-state index contributed by atoms with van der Waals surface area (Å²) in [5, 5.41) is 14.9. The van der Waals surface area contributed by atoms with Gasteiger partial charge in [-0.25, -0.2) is 0 Å². The summed E-state index contributed by atoms with van der Waals surface area (Å²) < 4.78 is 16.4. The van der Waals surface area contributed by atoms with Crippen LogP contribution >= 0.6 is 0 Å². The highest BCUT2D eigenvalue weighted by atomic mass is 16.5. The van der Waals surface area contributed by atoms with Crippen LogP contribution in [0, 0.1) is 11.3 Å². The number of nitrogens with one attached hydrogen (secondary N) is 2. The van der Waals surface area contributed by atoms with Gasteiger partial charge in [-0.1, -0.05) is 18.2 Å². The molecular formula is C25H23N3O4. The Labute approximate surface area is 186 Å². The zero-order chi connectivity index (χ0) is 22.6. The molecule has 0 atom stereocenters. The third kappa shape index (κ3) is 6.82. The molecule has 0 spiro atoms. The normalized spacial score (nSPS) is 10.6. The number of carbonyl (C=O) groups is 1. The Morgan fingerprint density at radius 1 is 0.906 bits per heavy atom. The van der Waals surface area contributed by atoms with Crippen LogP contribution in [-0.4, -0.2) is 26.2 Å². The molecule has 2 N–H and O–H groups in total. The predicted molar refractivity (Wildman–Crippen MR) is 122 cm³/mol. The predicted octanol–water partition coefficient (Wildman–Crippen LogP) is 4.50. The first-order valence-corrected chi connectivity index (χ1v) is 9.93. The lowest BCUT2D eigenvalue weighted by molar-refractivity contribution is -0.112. The molecule has 0 heterocycles. The van der Waals surface area contributed by atoms with E-state index in [2.05, 4.69) is 10.6 Å². The van der Waals surface area contributed by atoms with Crippen LogP contribution in [-0.2, 0) is 4.79 Å². The monoisotopic (exact) mass is 429 g/mol. The number of benzene rings is 3. The number of amides is 1. The van der Waals surface area contributed by atoms with Gasteiger partial charge in [0.2, 0.25) is 0 Å². The van der Waals surface area contributed by atoms with Crippen molar-refractivity contribution in [1.82, 2.24) is 5.32 Å². The molecule has 0 bridgehead atoms. The standard InChI is InChI=1S/C25H23N3O4/c1-30-21-11-13-22(14-12-21)31-16-15-27-18-19(17-26)25(29)28-20-7-9-24(10-8-20)32-23-5-3-2-4-6-23/h2-14,18,27H,15-16H2,1H3,(H,28,29)/b19-18-. The second-order valence-corrected chi connectivity index (χ2v) is 6.54. The number of rotatable bonds is 10. The number of hydrogen-bond donors (Lipinski definition) is 2. The summed E-state index contributed by atoms with van der Waals surface area (Å²) in [4.78, 5) is 12.3. The topological polar surface area (TPSA) is 92.6 Å². The Hall–Kier alpha value is -4.44. The minimum Gasteiger partial charge on any atom is -0.497 e. The lowest BCUT2D eigenvalue weighted by Crippen LogP contribution is -2.20. The zero-order valence-electron chi connectivity index (χ0n) is 17.6. The molecule has 0 radical (unpaired) electrons. The van der Waals surface area contributed by atoms with Crippen LogP contribution in [0.4, 0.5) is 5.69 Å². The van der Waals surface area contributed by atoms with E-state index in [4.69, 9.17) is 14.2 Å². The number of nitrogens with zero attached hydrogens (tertiary/aromatic N) is 1. The largest absolute Gasteiger partial charge is 0.497 e. The van der Waals surface area contributed by atoms with Gasteiger partial charge in [0.1, 0.15) is 41.2 Å². The molecule has 0 fully saturated rings. The van der Waals surface area contributed by atoms with Crippen molar-refractivity contribution in [2.45, 2.75) is 0 Å². The van der Waals surface area contributed by atoms with E-state index in [1.165, 1.54) is 6.20 Å². The fourth-order valence-electron chi connectivity index (χ4n) is 2.65. The molecule has 7 heteroatoms. The summed E-state index contributed by atoms with van der Waals surface area (Å²) in [5.41, 5.74) is 0.512. The van der Waals surface area contributed by atoms with Gasteiger partial charge in [0.25, 0.3) is 5.91 Å². The summed E-state index contributed by atoms with van der Waals surface area (Å²) in [6.45, 7) is 0.794. The highest BCUT2D eigenvalue weighted by Crippen LogP contribution is 2.22. The van der Waals surface area contributed by atoms with Gasteiger partial charge < -0.3 is 24.8 Å². The van der Waals surface area contributed by atoms with Crippen LogP contribution in [0.3, 0.4) is 0 Å². The molecule has 0 aliphatic carbocycles. The van der Waals surface area contributed by atoms with Crippen LogP contribution in [0.5, 0.6) is 23.0 Å². The number of para-hydroxylation sites is 1. The number of anilines is 1. The Balaban J connectivity index is 1.45. The zero-order valence-corrected chi connectivity index (χ0v) is 17.6. The van der Waals surface area contributed by atoms with Gasteiger partial charge in [-0.3, -0.25) is 4.79 Å². The van der Waals surface area contributed by atoms with E-state index in [9.17, 15) is 10.1 Å². The third-order valence-corrected chi connectivity index (χ3v) is 4.28. The molecule has 0 aromatic heterocycles. The average molecular weight is 429 g/mol. The molecule has 1 amide bonds. The molecule has 3 aromatic rings. The first-order valence-electron chi connectivity index (χ1n) is 9.93. The third-order valence-electron chi connectivity index (χ3n) is 4.28. The van der Waals surface area contributed by atoms with Crippen molar-refractivity contribution in [2.24, 2.45) is 0 Å². The number of methoxy groups -OCH3 is 1. The van der Waals surface area contributed by atoms with Crippen molar-refractivity contribution in [1.29, 1.82) is 5.26 Å². The van der Waals surface area contributed by atoms with Crippen molar-refractivity contribution in [2.75, 3.05) is 25.6 Å². The Morgan fingerprint density at radius 2 is 1.53 bits per heavy atom. The number of ether oxygens (including phenoxy) is 3. The quantitative estimate of drug-likeness (QED) is 0.280. The highest BCUT2D eigenvalue weighted by Gasteiger charge is 2.09. The van der Waals surface area contributed by atoms with Crippen LogP contribution in [0.25, 0.3) is 0 Å². The summed E-state index contributed by atoms with van der Waals surface area (Å²) >= 11 is 0. The maximum absolute atomic E-state index is 12.3. The minimum atomic E-state index is -0.507. The number of nitriles is 1. The molecule has 0 saturated carbocycles. The first kappa shape index (κ1) is 22.2. The molecule has 3 rings (SSSR count). The van der Waals surface area contributed by atoms with E-state index >= 15 is 0 Å². The van der Waals surface area contributed by atoms with E-state index in [0.717, 1.165) is 11.5 Å².